The first-order valence-electron chi connectivity index (χ1n) is 9.66. The van der Waals surface area contributed by atoms with Gasteiger partial charge in [0.25, 0.3) is 5.91 Å². The quantitative estimate of drug-likeness (QED) is 0.363. The summed E-state index contributed by atoms with van der Waals surface area (Å²) in [5.74, 6) is 0.923. The van der Waals surface area contributed by atoms with Gasteiger partial charge in [-0.25, -0.2) is 15.4 Å². The van der Waals surface area contributed by atoms with Crippen LogP contribution in [0.4, 0.5) is 5.95 Å². The Balaban J connectivity index is 0.00000196. The highest BCUT2D eigenvalue weighted by Crippen LogP contribution is 2.25. The van der Waals surface area contributed by atoms with Gasteiger partial charge >= 0.3 is 0 Å². The van der Waals surface area contributed by atoms with Crippen molar-refractivity contribution in [2.75, 3.05) is 25.0 Å². The van der Waals surface area contributed by atoms with E-state index in [2.05, 4.69) is 20.2 Å². The predicted molar refractivity (Wildman–Crippen MR) is 115 cm³/mol. The normalized spacial score (nSPS) is 20.8. The fourth-order valence-corrected chi connectivity index (χ4v) is 3.96. The molecule has 2 heterocycles. The third kappa shape index (κ3) is 7.91. The molecule has 1 aromatic rings. The molecule has 2 aliphatic rings. The second kappa shape index (κ2) is 12.9. The molecule has 1 saturated carbocycles. The number of rotatable bonds is 6. The molecule has 1 aliphatic heterocycles. The van der Waals surface area contributed by atoms with Crippen LogP contribution in [0.15, 0.2) is 18.5 Å². The molecule has 0 aromatic carbocycles. The number of amides is 1. The van der Waals surface area contributed by atoms with Gasteiger partial charge in [-0.05, 0) is 44.2 Å². The molecule has 2 fully saturated rings. The average molecular weight is 432 g/mol. The SMILES string of the molecule is Cl.Cl.O=C(/C=C/c1cnc(NC2CCCN(CC3CCCCC3)C2)nc1)NO. The monoisotopic (exact) mass is 431 g/mol. The van der Waals surface area contributed by atoms with Crippen LogP contribution in [-0.2, 0) is 4.79 Å². The summed E-state index contributed by atoms with van der Waals surface area (Å²) < 4.78 is 0. The van der Waals surface area contributed by atoms with Gasteiger partial charge in [0.2, 0.25) is 5.95 Å². The Labute approximate surface area is 179 Å². The molecule has 9 heteroatoms. The molecule has 0 radical (unpaired) electrons. The molecule has 1 aliphatic carbocycles. The first-order valence-corrected chi connectivity index (χ1v) is 9.66. The van der Waals surface area contributed by atoms with Gasteiger partial charge < -0.3 is 10.2 Å². The molecule has 1 amide bonds. The zero-order chi connectivity index (χ0) is 18.2. The van der Waals surface area contributed by atoms with E-state index in [1.165, 1.54) is 57.7 Å². The minimum Gasteiger partial charge on any atom is -0.350 e. The topological polar surface area (TPSA) is 90.4 Å². The first-order chi connectivity index (χ1) is 12.7. The number of halogens is 2. The number of piperidine rings is 1. The number of aromatic nitrogens is 2. The number of hydrogen-bond donors (Lipinski definition) is 3. The van der Waals surface area contributed by atoms with Crippen molar-refractivity contribution in [2.45, 2.75) is 51.0 Å². The smallest absolute Gasteiger partial charge is 0.267 e. The lowest BCUT2D eigenvalue weighted by molar-refractivity contribution is -0.124. The number of hydrogen-bond acceptors (Lipinski definition) is 6. The van der Waals surface area contributed by atoms with Crippen LogP contribution in [0.1, 0.15) is 50.5 Å². The molecule has 0 spiro atoms. The van der Waals surface area contributed by atoms with E-state index in [4.69, 9.17) is 5.21 Å². The third-order valence-corrected chi connectivity index (χ3v) is 5.29. The molecular weight excluding hydrogens is 401 g/mol. The second-order valence-corrected chi connectivity index (χ2v) is 7.40. The summed E-state index contributed by atoms with van der Waals surface area (Å²) in [6.07, 6.45) is 15.5. The van der Waals surface area contributed by atoms with E-state index < -0.39 is 5.91 Å². The maximum atomic E-state index is 11.0. The Morgan fingerprint density at radius 1 is 1.14 bits per heavy atom. The fraction of sp³-hybridized carbons (Fsp3) is 0.632. The van der Waals surface area contributed by atoms with E-state index in [0.29, 0.717) is 17.6 Å². The van der Waals surface area contributed by atoms with E-state index in [-0.39, 0.29) is 24.8 Å². The van der Waals surface area contributed by atoms with Crippen LogP contribution in [0.25, 0.3) is 6.08 Å². The zero-order valence-electron chi connectivity index (χ0n) is 16.0. The molecule has 1 saturated heterocycles. The summed E-state index contributed by atoms with van der Waals surface area (Å²) in [5.41, 5.74) is 2.26. The minimum atomic E-state index is -0.576. The number of nitrogens with zero attached hydrogens (tertiary/aromatic N) is 3. The van der Waals surface area contributed by atoms with Gasteiger partial charge in [0, 0.05) is 43.2 Å². The Morgan fingerprint density at radius 3 is 2.54 bits per heavy atom. The van der Waals surface area contributed by atoms with E-state index in [1.807, 2.05) is 0 Å². The van der Waals surface area contributed by atoms with Gasteiger partial charge in [-0.15, -0.1) is 24.8 Å². The zero-order valence-corrected chi connectivity index (χ0v) is 17.7. The Bertz CT molecular complexity index is 609. The van der Waals surface area contributed by atoms with Gasteiger partial charge in [-0.1, -0.05) is 19.3 Å². The fourth-order valence-electron chi connectivity index (χ4n) is 3.96. The standard InChI is InChI=1S/C19H29N5O2.2ClH/c25-18(23-26)9-8-16-11-20-19(21-12-16)22-17-7-4-10-24(14-17)13-15-5-2-1-3-6-15;;/h8-9,11-12,15,17,26H,1-7,10,13-14H2,(H,23,25)(H,20,21,22);2*1H/b9-8+;;. The van der Waals surface area contributed by atoms with Crippen molar-refractivity contribution in [1.82, 2.24) is 20.3 Å². The van der Waals surface area contributed by atoms with Crippen molar-refractivity contribution in [3.8, 4) is 0 Å². The van der Waals surface area contributed by atoms with Crippen LogP contribution in [0.3, 0.4) is 0 Å². The van der Waals surface area contributed by atoms with Crippen LogP contribution in [0.2, 0.25) is 0 Å². The largest absolute Gasteiger partial charge is 0.350 e. The molecular formula is C19H31Cl2N5O2. The van der Waals surface area contributed by atoms with E-state index in [1.54, 1.807) is 23.9 Å². The van der Waals surface area contributed by atoms with Crippen molar-refractivity contribution in [2.24, 2.45) is 5.92 Å². The van der Waals surface area contributed by atoms with E-state index in [9.17, 15) is 4.79 Å². The van der Waals surface area contributed by atoms with E-state index >= 15 is 0 Å². The average Bonchev–Trinajstić information content (AvgIpc) is 2.68. The van der Waals surface area contributed by atoms with Crippen molar-refractivity contribution in [3.05, 3.63) is 24.0 Å². The highest BCUT2D eigenvalue weighted by molar-refractivity contribution is 5.90. The summed E-state index contributed by atoms with van der Waals surface area (Å²) in [4.78, 5) is 22.2. The lowest BCUT2D eigenvalue weighted by Gasteiger charge is -2.36. The van der Waals surface area contributed by atoms with Crippen molar-refractivity contribution < 1.29 is 10.0 Å². The van der Waals surface area contributed by atoms with Crippen LogP contribution >= 0.6 is 24.8 Å². The Hall–Kier alpha value is -1.41. The van der Waals surface area contributed by atoms with Crippen molar-refractivity contribution in [1.29, 1.82) is 0 Å². The highest BCUT2D eigenvalue weighted by Gasteiger charge is 2.23. The third-order valence-electron chi connectivity index (χ3n) is 5.29. The predicted octanol–water partition coefficient (Wildman–Crippen LogP) is 3.30. The van der Waals surface area contributed by atoms with Gasteiger partial charge in [0.1, 0.15) is 0 Å². The summed E-state index contributed by atoms with van der Waals surface area (Å²) in [5, 5.41) is 11.9. The first kappa shape index (κ1) is 24.6. The molecule has 3 rings (SSSR count). The van der Waals surface area contributed by atoms with E-state index in [0.717, 1.165) is 18.9 Å². The van der Waals surface area contributed by atoms with Gasteiger partial charge in [-0.2, -0.15) is 0 Å². The molecule has 158 valence electrons. The lowest BCUT2D eigenvalue weighted by atomic mass is 9.88. The van der Waals surface area contributed by atoms with Crippen LogP contribution in [0.5, 0.6) is 0 Å². The Kier molecular flexibility index (Phi) is 11.4. The van der Waals surface area contributed by atoms with Gasteiger partial charge in [0.15, 0.2) is 0 Å². The summed E-state index contributed by atoms with van der Waals surface area (Å²) in [6, 6.07) is 0.383. The van der Waals surface area contributed by atoms with Crippen molar-refractivity contribution >= 4 is 42.7 Å². The summed E-state index contributed by atoms with van der Waals surface area (Å²) >= 11 is 0. The molecule has 1 atom stereocenters. The number of hydroxylamine groups is 1. The van der Waals surface area contributed by atoms with Gasteiger partial charge in [-0.3, -0.25) is 10.0 Å². The number of nitrogens with one attached hydrogen (secondary N) is 2. The molecule has 1 unspecified atom stereocenters. The summed E-state index contributed by atoms with van der Waals surface area (Å²) in [6.45, 7) is 3.49. The minimum absolute atomic E-state index is 0. The lowest BCUT2D eigenvalue weighted by Crippen LogP contribution is -2.44. The van der Waals surface area contributed by atoms with Gasteiger partial charge in [0.05, 0.1) is 0 Å². The molecule has 28 heavy (non-hydrogen) atoms. The van der Waals surface area contributed by atoms with Crippen molar-refractivity contribution in [3.63, 3.8) is 0 Å². The Morgan fingerprint density at radius 2 is 1.86 bits per heavy atom. The number of carbonyl (C=O) groups excluding carboxylic acids is 1. The molecule has 1 aromatic heterocycles. The number of anilines is 1. The van der Waals surface area contributed by atoms with Crippen LogP contribution in [0, 0.1) is 5.92 Å². The highest BCUT2D eigenvalue weighted by atomic mass is 35.5. The summed E-state index contributed by atoms with van der Waals surface area (Å²) in [7, 11) is 0. The number of likely N-dealkylation sites (tertiary alicyclic amines) is 1. The van der Waals surface area contributed by atoms with Crippen LogP contribution in [-0.4, -0.2) is 51.7 Å². The maximum Gasteiger partial charge on any atom is 0.267 e. The molecule has 0 bridgehead atoms. The van der Waals surface area contributed by atoms with Crippen LogP contribution < -0.4 is 10.8 Å². The molecule has 7 nitrogen and oxygen atoms in total. The number of carbonyl (C=O) groups is 1. The second-order valence-electron chi connectivity index (χ2n) is 7.40. The maximum absolute atomic E-state index is 11.0. The molecule has 3 N–H and O–H groups in total.